The number of hydrogen-bond acceptors (Lipinski definition) is 4. The van der Waals surface area contributed by atoms with Crippen LogP contribution in [-0.4, -0.2) is 50.5 Å². The minimum Gasteiger partial charge on any atom is -0.355 e. The molecule has 202 valence electrons. The SMILES string of the molecule is CCNC(=O)[C@H](Cc1ccccc1)N(Cc1ccccc1)C(=O)CN(c1ccc(C(C)C)cc1)S(C)(=O)=O. The van der Waals surface area contributed by atoms with E-state index in [9.17, 15) is 18.0 Å². The standard InChI is InChI=1S/C30H37N3O4S/c1-5-31-30(35)28(20-24-12-8-6-9-13-24)32(21-25-14-10-7-11-15-25)29(34)22-33(38(4,36)37)27-18-16-26(17-19-27)23(2)3/h6-19,23,28H,5,20-22H2,1-4H3,(H,31,35)/t28-/m0/s1. The summed E-state index contributed by atoms with van der Waals surface area (Å²) in [5.74, 6) is -0.457. The number of hydrogen-bond donors (Lipinski definition) is 1. The molecule has 1 N–H and O–H groups in total. The largest absolute Gasteiger partial charge is 0.355 e. The van der Waals surface area contributed by atoms with Gasteiger partial charge in [-0.3, -0.25) is 13.9 Å². The van der Waals surface area contributed by atoms with Crippen molar-refractivity contribution in [1.82, 2.24) is 10.2 Å². The Kier molecular flexibility index (Phi) is 10.1. The third-order valence-corrected chi connectivity index (χ3v) is 7.49. The summed E-state index contributed by atoms with van der Waals surface area (Å²) in [6.07, 6.45) is 1.39. The minimum atomic E-state index is -3.78. The van der Waals surface area contributed by atoms with Crippen molar-refractivity contribution in [2.45, 2.75) is 45.7 Å². The molecule has 2 amide bonds. The van der Waals surface area contributed by atoms with Crippen LogP contribution in [-0.2, 0) is 32.6 Å². The number of nitrogens with zero attached hydrogens (tertiary/aromatic N) is 2. The summed E-state index contributed by atoms with van der Waals surface area (Å²) in [4.78, 5) is 28.7. The topological polar surface area (TPSA) is 86.8 Å². The first-order valence-electron chi connectivity index (χ1n) is 12.8. The molecule has 0 fully saturated rings. The van der Waals surface area contributed by atoms with E-state index in [0.717, 1.165) is 27.3 Å². The molecule has 7 nitrogen and oxygen atoms in total. The van der Waals surface area contributed by atoms with Gasteiger partial charge in [-0.2, -0.15) is 0 Å². The van der Waals surface area contributed by atoms with Gasteiger partial charge in [0.25, 0.3) is 0 Å². The summed E-state index contributed by atoms with van der Waals surface area (Å²) in [6, 6.07) is 25.3. The molecule has 0 aliphatic rings. The third kappa shape index (κ3) is 7.92. The minimum absolute atomic E-state index is 0.165. The Bertz CT molecular complexity index is 1290. The number of carbonyl (C=O) groups excluding carboxylic acids is 2. The van der Waals surface area contributed by atoms with Crippen LogP contribution >= 0.6 is 0 Å². The predicted molar refractivity (Wildman–Crippen MR) is 152 cm³/mol. The highest BCUT2D eigenvalue weighted by Crippen LogP contribution is 2.23. The second kappa shape index (κ2) is 13.2. The van der Waals surface area contributed by atoms with Gasteiger partial charge in [-0.1, -0.05) is 86.6 Å². The van der Waals surface area contributed by atoms with Crippen molar-refractivity contribution in [3.05, 3.63) is 102 Å². The average molecular weight is 536 g/mol. The lowest BCUT2D eigenvalue weighted by Gasteiger charge is -2.33. The maximum atomic E-state index is 13.9. The Hall–Kier alpha value is -3.65. The van der Waals surface area contributed by atoms with Crippen LogP contribution in [0.25, 0.3) is 0 Å². The van der Waals surface area contributed by atoms with Crippen molar-refractivity contribution in [2.24, 2.45) is 0 Å². The van der Waals surface area contributed by atoms with Gasteiger partial charge < -0.3 is 10.2 Å². The molecular weight excluding hydrogens is 498 g/mol. The van der Waals surface area contributed by atoms with Crippen LogP contribution in [0.3, 0.4) is 0 Å². The molecule has 0 heterocycles. The van der Waals surface area contributed by atoms with Crippen LogP contribution in [0.2, 0.25) is 0 Å². The fourth-order valence-corrected chi connectivity index (χ4v) is 5.11. The van der Waals surface area contributed by atoms with E-state index in [1.165, 1.54) is 4.90 Å². The maximum absolute atomic E-state index is 13.9. The van der Waals surface area contributed by atoms with Crippen LogP contribution in [0.5, 0.6) is 0 Å². The molecule has 0 aliphatic carbocycles. The number of benzene rings is 3. The molecule has 0 saturated carbocycles. The van der Waals surface area contributed by atoms with Gasteiger partial charge in [0, 0.05) is 19.5 Å². The molecule has 0 unspecified atom stereocenters. The number of anilines is 1. The van der Waals surface area contributed by atoms with E-state index in [1.807, 2.05) is 79.7 Å². The molecule has 0 spiro atoms. The molecule has 38 heavy (non-hydrogen) atoms. The van der Waals surface area contributed by atoms with Crippen LogP contribution < -0.4 is 9.62 Å². The first kappa shape index (κ1) is 28.9. The summed E-state index contributed by atoms with van der Waals surface area (Å²) >= 11 is 0. The van der Waals surface area contributed by atoms with E-state index in [0.29, 0.717) is 18.7 Å². The zero-order valence-electron chi connectivity index (χ0n) is 22.5. The molecule has 3 aromatic carbocycles. The Balaban J connectivity index is 2.00. The maximum Gasteiger partial charge on any atom is 0.244 e. The summed E-state index contributed by atoms with van der Waals surface area (Å²) < 4.78 is 26.8. The molecule has 0 saturated heterocycles. The molecule has 8 heteroatoms. The number of nitrogens with one attached hydrogen (secondary N) is 1. The quantitative estimate of drug-likeness (QED) is 0.374. The second-order valence-electron chi connectivity index (χ2n) is 9.62. The predicted octanol–water partition coefficient (Wildman–Crippen LogP) is 4.35. The molecule has 0 aromatic heterocycles. The molecule has 0 aliphatic heterocycles. The zero-order valence-corrected chi connectivity index (χ0v) is 23.3. The smallest absolute Gasteiger partial charge is 0.244 e. The van der Waals surface area contributed by atoms with E-state index in [4.69, 9.17) is 0 Å². The van der Waals surface area contributed by atoms with Crippen molar-refractivity contribution in [3.8, 4) is 0 Å². The van der Waals surface area contributed by atoms with E-state index >= 15 is 0 Å². The van der Waals surface area contributed by atoms with Crippen LogP contribution in [0.4, 0.5) is 5.69 Å². The van der Waals surface area contributed by atoms with Gasteiger partial charge in [0.15, 0.2) is 0 Å². The average Bonchev–Trinajstić information content (AvgIpc) is 2.90. The van der Waals surface area contributed by atoms with Gasteiger partial charge >= 0.3 is 0 Å². The van der Waals surface area contributed by atoms with Crippen molar-refractivity contribution >= 4 is 27.5 Å². The van der Waals surface area contributed by atoms with Crippen LogP contribution in [0.1, 0.15) is 43.4 Å². The van der Waals surface area contributed by atoms with Crippen LogP contribution in [0.15, 0.2) is 84.9 Å². The third-order valence-electron chi connectivity index (χ3n) is 6.34. The fraction of sp³-hybridized carbons (Fsp3) is 0.333. The van der Waals surface area contributed by atoms with E-state index in [1.54, 1.807) is 12.1 Å². The number of amides is 2. The van der Waals surface area contributed by atoms with E-state index in [2.05, 4.69) is 19.2 Å². The lowest BCUT2D eigenvalue weighted by atomic mass is 10.0. The van der Waals surface area contributed by atoms with Crippen molar-refractivity contribution in [2.75, 3.05) is 23.7 Å². The van der Waals surface area contributed by atoms with Gasteiger partial charge in [-0.25, -0.2) is 8.42 Å². The molecule has 0 bridgehead atoms. The lowest BCUT2D eigenvalue weighted by Crippen LogP contribution is -2.53. The Labute approximate surface area is 226 Å². The van der Waals surface area contributed by atoms with Crippen LogP contribution in [0, 0.1) is 0 Å². The van der Waals surface area contributed by atoms with Gasteiger partial charge in [-0.15, -0.1) is 0 Å². The molecule has 3 aromatic rings. The highest BCUT2D eigenvalue weighted by molar-refractivity contribution is 7.92. The first-order chi connectivity index (χ1) is 18.1. The summed E-state index contributed by atoms with van der Waals surface area (Å²) in [5, 5.41) is 2.85. The molecule has 1 atom stereocenters. The second-order valence-corrected chi connectivity index (χ2v) is 11.5. The normalized spacial score (nSPS) is 12.1. The highest BCUT2D eigenvalue weighted by atomic mass is 32.2. The summed E-state index contributed by atoms with van der Waals surface area (Å²) in [5.41, 5.74) is 3.22. The Morgan fingerprint density at radius 3 is 1.89 bits per heavy atom. The monoisotopic (exact) mass is 535 g/mol. The Morgan fingerprint density at radius 2 is 1.39 bits per heavy atom. The highest BCUT2D eigenvalue weighted by Gasteiger charge is 2.32. The first-order valence-corrected chi connectivity index (χ1v) is 14.7. The Morgan fingerprint density at radius 1 is 0.842 bits per heavy atom. The van der Waals surface area contributed by atoms with Crippen molar-refractivity contribution < 1.29 is 18.0 Å². The van der Waals surface area contributed by atoms with Gasteiger partial charge in [0.05, 0.1) is 11.9 Å². The van der Waals surface area contributed by atoms with Crippen molar-refractivity contribution in [3.63, 3.8) is 0 Å². The van der Waals surface area contributed by atoms with Gasteiger partial charge in [-0.05, 0) is 41.7 Å². The van der Waals surface area contributed by atoms with Gasteiger partial charge in [0.2, 0.25) is 21.8 Å². The molecule has 3 rings (SSSR count). The number of rotatable bonds is 12. The zero-order chi connectivity index (χ0) is 27.7. The number of sulfonamides is 1. The van der Waals surface area contributed by atoms with E-state index in [-0.39, 0.29) is 18.4 Å². The number of carbonyl (C=O) groups is 2. The summed E-state index contributed by atoms with van der Waals surface area (Å²) in [7, 11) is -3.78. The lowest BCUT2D eigenvalue weighted by molar-refractivity contribution is -0.140. The summed E-state index contributed by atoms with van der Waals surface area (Å²) in [6.45, 7) is 6.10. The molecule has 0 radical (unpaired) electrons. The fourth-order valence-electron chi connectivity index (χ4n) is 4.27. The molecular formula is C30H37N3O4S. The number of likely N-dealkylation sites (N-methyl/N-ethyl adjacent to an activating group) is 1. The van der Waals surface area contributed by atoms with Gasteiger partial charge in [0.1, 0.15) is 12.6 Å². The van der Waals surface area contributed by atoms with Crippen molar-refractivity contribution in [1.29, 1.82) is 0 Å². The van der Waals surface area contributed by atoms with E-state index < -0.39 is 28.5 Å².